The van der Waals surface area contributed by atoms with Crippen molar-refractivity contribution >= 4 is 23.4 Å². The lowest BCUT2D eigenvalue weighted by Crippen LogP contribution is -2.31. The van der Waals surface area contributed by atoms with Gasteiger partial charge in [-0.3, -0.25) is 9.48 Å². The summed E-state index contributed by atoms with van der Waals surface area (Å²) in [6.07, 6.45) is 5.14. The topological polar surface area (TPSA) is 110 Å². The average Bonchev–Trinajstić information content (AvgIpc) is 3.11. The van der Waals surface area contributed by atoms with E-state index in [-0.39, 0.29) is 12.5 Å². The molecule has 0 aliphatic heterocycles. The van der Waals surface area contributed by atoms with Crippen molar-refractivity contribution in [2.45, 2.75) is 20.4 Å². The van der Waals surface area contributed by atoms with Gasteiger partial charge in [0.15, 0.2) is 0 Å². The van der Waals surface area contributed by atoms with E-state index in [2.05, 4.69) is 36.0 Å². The average molecular weight is 366 g/mol. The second kappa shape index (κ2) is 8.75. The van der Waals surface area contributed by atoms with Gasteiger partial charge < -0.3 is 16.0 Å². The van der Waals surface area contributed by atoms with Crippen LogP contribution in [0.1, 0.15) is 11.4 Å². The number of nitrogens with one attached hydrogen (secondary N) is 3. The van der Waals surface area contributed by atoms with Crippen LogP contribution in [0.5, 0.6) is 0 Å². The first-order valence-corrected chi connectivity index (χ1v) is 8.62. The third-order valence-corrected chi connectivity index (χ3v) is 3.63. The van der Waals surface area contributed by atoms with Crippen LogP contribution in [0.3, 0.4) is 0 Å². The maximum atomic E-state index is 11.8. The Balaban J connectivity index is 1.49. The van der Waals surface area contributed by atoms with E-state index in [1.54, 1.807) is 29.3 Å². The van der Waals surface area contributed by atoms with E-state index in [1.807, 2.05) is 32.0 Å². The number of anilines is 3. The van der Waals surface area contributed by atoms with Crippen LogP contribution in [0.2, 0.25) is 0 Å². The Morgan fingerprint density at radius 3 is 2.70 bits per heavy atom. The SMILES string of the molecule is Cc1ccnc(Nc2cc(NCCNC(=O)Cn3cccn3)nc(C)n2)c1. The predicted molar refractivity (Wildman–Crippen MR) is 103 cm³/mol. The van der Waals surface area contributed by atoms with Gasteiger partial charge >= 0.3 is 0 Å². The Labute approximate surface area is 157 Å². The quantitative estimate of drug-likeness (QED) is 0.520. The fourth-order valence-corrected chi connectivity index (χ4v) is 2.45. The number of carbonyl (C=O) groups excluding carboxylic acids is 1. The molecule has 0 bridgehead atoms. The zero-order valence-electron chi connectivity index (χ0n) is 15.3. The molecule has 9 nitrogen and oxygen atoms in total. The summed E-state index contributed by atoms with van der Waals surface area (Å²) in [5.41, 5.74) is 1.11. The zero-order valence-corrected chi connectivity index (χ0v) is 15.3. The molecule has 0 aliphatic carbocycles. The second-order valence-corrected chi connectivity index (χ2v) is 6.01. The highest BCUT2D eigenvalue weighted by Crippen LogP contribution is 2.16. The van der Waals surface area contributed by atoms with E-state index < -0.39 is 0 Å². The van der Waals surface area contributed by atoms with Crippen LogP contribution in [0.25, 0.3) is 0 Å². The lowest BCUT2D eigenvalue weighted by molar-refractivity contribution is -0.121. The molecule has 0 saturated carbocycles. The summed E-state index contributed by atoms with van der Waals surface area (Å²) >= 11 is 0. The molecular formula is C18H22N8O. The van der Waals surface area contributed by atoms with Crippen LogP contribution < -0.4 is 16.0 Å². The van der Waals surface area contributed by atoms with Gasteiger partial charge in [-0.15, -0.1) is 0 Å². The molecule has 1 amide bonds. The Morgan fingerprint density at radius 1 is 1.07 bits per heavy atom. The molecule has 0 atom stereocenters. The maximum absolute atomic E-state index is 11.8. The summed E-state index contributed by atoms with van der Waals surface area (Å²) < 4.78 is 1.58. The number of rotatable bonds is 8. The smallest absolute Gasteiger partial charge is 0.241 e. The fraction of sp³-hybridized carbons (Fsp3) is 0.278. The summed E-state index contributed by atoms with van der Waals surface area (Å²) in [6, 6.07) is 7.47. The number of aromatic nitrogens is 5. The van der Waals surface area contributed by atoms with Gasteiger partial charge in [-0.25, -0.2) is 15.0 Å². The fourth-order valence-electron chi connectivity index (χ4n) is 2.45. The van der Waals surface area contributed by atoms with Gasteiger partial charge in [0.2, 0.25) is 5.91 Å². The minimum atomic E-state index is -0.0905. The van der Waals surface area contributed by atoms with Crippen molar-refractivity contribution in [1.82, 2.24) is 30.0 Å². The normalized spacial score (nSPS) is 10.4. The Kier molecular flexibility index (Phi) is 5.93. The van der Waals surface area contributed by atoms with E-state index in [0.29, 0.717) is 30.5 Å². The Hall–Kier alpha value is -3.49. The molecule has 3 N–H and O–H groups in total. The molecule has 3 heterocycles. The molecule has 0 saturated heterocycles. The molecule has 140 valence electrons. The number of carbonyl (C=O) groups is 1. The number of pyridine rings is 1. The molecule has 3 rings (SSSR count). The molecule has 0 radical (unpaired) electrons. The lowest BCUT2D eigenvalue weighted by Gasteiger charge is -2.11. The molecule has 0 aliphatic rings. The summed E-state index contributed by atoms with van der Waals surface area (Å²) in [6.45, 7) is 5.06. The summed E-state index contributed by atoms with van der Waals surface area (Å²) in [4.78, 5) is 24.8. The third kappa shape index (κ3) is 5.77. The van der Waals surface area contributed by atoms with Gasteiger partial charge in [0, 0.05) is 37.7 Å². The Morgan fingerprint density at radius 2 is 1.93 bits per heavy atom. The molecular weight excluding hydrogens is 344 g/mol. The van der Waals surface area contributed by atoms with Gasteiger partial charge in [-0.05, 0) is 37.6 Å². The minimum Gasteiger partial charge on any atom is -0.368 e. The zero-order chi connectivity index (χ0) is 19.1. The van der Waals surface area contributed by atoms with Gasteiger partial charge in [-0.1, -0.05) is 0 Å². The van der Waals surface area contributed by atoms with Crippen LogP contribution in [0.4, 0.5) is 17.5 Å². The van der Waals surface area contributed by atoms with Crippen molar-refractivity contribution < 1.29 is 4.79 Å². The van der Waals surface area contributed by atoms with E-state index in [1.165, 1.54) is 0 Å². The molecule has 9 heteroatoms. The molecule has 0 unspecified atom stereocenters. The first-order valence-electron chi connectivity index (χ1n) is 8.62. The summed E-state index contributed by atoms with van der Waals surface area (Å²) in [7, 11) is 0. The van der Waals surface area contributed by atoms with Gasteiger partial charge in [0.1, 0.15) is 29.8 Å². The molecule has 0 spiro atoms. The highest BCUT2D eigenvalue weighted by molar-refractivity contribution is 5.75. The lowest BCUT2D eigenvalue weighted by atomic mass is 10.3. The second-order valence-electron chi connectivity index (χ2n) is 6.01. The molecule has 3 aromatic heterocycles. The first-order chi connectivity index (χ1) is 13.1. The maximum Gasteiger partial charge on any atom is 0.241 e. The van der Waals surface area contributed by atoms with E-state index in [9.17, 15) is 4.79 Å². The number of nitrogens with zero attached hydrogens (tertiary/aromatic N) is 5. The van der Waals surface area contributed by atoms with Crippen molar-refractivity contribution in [3.05, 3.63) is 54.2 Å². The molecule has 0 fully saturated rings. The van der Waals surface area contributed by atoms with Crippen molar-refractivity contribution in [2.24, 2.45) is 0 Å². The molecule has 3 aromatic rings. The van der Waals surface area contributed by atoms with Crippen molar-refractivity contribution in [2.75, 3.05) is 23.7 Å². The van der Waals surface area contributed by atoms with E-state index in [0.717, 1.165) is 11.4 Å². The number of hydrogen-bond donors (Lipinski definition) is 3. The number of aryl methyl sites for hydroxylation is 2. The molecule has 0 aromatic carbocycles. The van der Waals surface area contributed by atoms with Gasteiger partial charge in [-0.2, -0.15) is 5.10 Å². The number of amides is 1. The van der Waals surface area contributed by atoms with Gasteiger partial charge in [0.05, 0.1) is 0 Å². The highest BCUT2D eigenvalue weighted by Gasteiger charge is 2.05. The van der Waals surface area contributed by atoms with Crippen LogP contribution in [-0.4, -0.2) is 43.7 Å². The standard InChI is InChI=1S/C18H22N8O/c1-13-4-6-19-15(10-13)25-17-11-16(23-14(2)24-17)20-7-8-21-18(27)12-26-9-3-5-22-26/h3-6,9-11H,7-8,12H2,1-2H3,(H,21,27)(H2,19,20,23,24,25). The van der Waals surface area contributed by atoms with Crippen LogP contribution in [0, 0.1) is 13.8 Å². The number of hydrogen-bond acceptors (Lipinski definition) is 7. The van der Waals surface area contributed by atoms with Crippen LogP contribution >= 0.6 is 0 Å². The predicted octanol–water partition coefficient (Wildman–Crippen LogP) is 1.66. The van der Waals surface area contributed by atoms with Crippen molar-refractivity contribution in [1.29, 1.82) is 0 Å². The summed E-state index contributed by atoms with van der Waals surface area (Å²) in [5, 5.41) is 13.2. The van der Waals surface area contributed by atoms with E-state index in [4.69, 9.17) is 0 Å². The van der Waals surface area contributed by atoms with Crippen LogP contribution in [0.15, 0.2) is 42.9 Å². The summed E-state index contributed by atoms with van der Waals surface area (Å²) in [5.74, 6) is 2.61. The van der Waals surface area contributed by atoms with Crippen molar-refractivity contribution in [3.63, 3.8) is 0 Å². The Bertz CT molecular complexity index is 894. The largest absolute Gasteiger partial charge is 0.368 e. The highest BCUT2D eigenvalue weighted by atomic mass is 16.2. The van der Waals surface area contributed by atoms with Crippen molar-refractivity contribution in [3.8, 4) is 0 Å². The van der Waals surface area contributed by atoms with Crippen LogP contribution in [-0.2, 0) is 11.3 Å². The molecule has 27 heavy (non-hydrogen) atoms. The first kappa shape index (κ1) is 18.3. The minimum absolute atomic E-state index is 0.0905. The van der Waals surface area contributed by atoms with E-state index >= 15 is 0 Å². The van der Waals surface area contributed by atoms with Gasteiger partial charge in [0.25, 0.3) is 0 Å². The third-order valence-electron chi connectivity index (χ3n) is 3.63. The monoisotopic (exact) mass is 366 g/mol.